The Morgan fingerprint density at radius 1 is 1.28 bits per heavy atom. The molecule has 3 rings (SSSR count). The van der Waals surface area contributed by atoms with E-state index >= 15 is 0 Å². The highest BCUT2D eigenvalue weighted by atomic mass is 35.5. The van der Waals surface area contributed by atoms with Crippen LogP contribution in [0.25, 0.3) is 21.8 Å². The van der Waals surface area contributed by atoms with Gasteiger partial charge in [-0.2, -0.15) is 0 Å². The third kappa shape index (κ3) is 1.57. The van der Waals surface area contributed by atoms with E-state index < -0.39 is 0 Å². The number of para-hydroxylation sites is 1. The van der Waals surface area contributed by atoms with E-state index in [1.54, 1.807) is 12.1 Å². The van der Waals surface area contributed by atoms with E-state index in [2.05, 4.69) is 11.6 Å². The van der Waals surface area contributed by atoms with Crippen LogP contribution < -0.4 is 0 Å². The van der Waals surface area contributed by atoms with Gasteiger partial charge in [0, 0.05) is 16.8 Å². The number of rotatable bonds is 2. The van der Waals surface area contributed by atoms with E-state index in [0.717, 1.165) is 27.4 Å². The molecule has 1 heterocycles. The van der Waals surface area contributed by atoms with Gasteiger partial charge in [0.15, 0.2) is 0 Å². The number of aromatic hydroxyl groups is 1. The highest BCUT2D eigenvalue weighted by Gasteiger charge is 2.10. The number of phenolic OH excluding ortho intramolecular Hbond substituents is 1. The van der Waals surface area contributed by atoms with Crippen molar-refractivity contribution in [3.63, 3.8) is 0 Å². The van der Waals surface area contributed by atoms with Gasteiger partial charge in [0.2, 0.25) is 0 Å². The molecular formula is C15H12ClNO. The first-order valence-corrected chi connectivity index (χ1v) is 6.11. The smallest absolute Gasteiger partial charge is 0.121 e. The minimum Gasteiger partial charge on any atom is -0.508 e. The summed E-state index contributed by atoms with van der Waals surface area (Å²) < 4.78 is 0. The summed E-state index contributed by atoms with van der Waals surface area (Å²) in [4.78, 5) is 3.24. The van der Waals surface area contributed by atoms with Crippen molar-refractivity contribution >= 4 is 33.4 Å². The molecule has 90 valence electrons. The minimum atomic E-state index is 0.282. The number of H-pyrrole nitrogens is 1. The molecule has 1 aromatic heterocycles. The van der Waals surface area contributed by atoms with Gasteiger partial charge < -0.3 is 10.1 Å². The normalized spacial score (nSPS) is 11.2. The van der Waals surface area contributed by atoms with Crippen LogP contribution in [0.5, 0.6) is 5.75 Å². The maximum absolute atomic E-state index is 9.93. The van der Waals surface area contributed by atoms with Crippen molar-refractivity contribution < 1.29 is 5.11 Å². The van der Waals surface area contributed by atoms with Gasteiger partial charge in [0.1, 0.15) is 5.75 Å². The Balaban J connectivity index is 2.41. The van der Waals surface area contributed by atoms with E-state index in [-0.39, 0.29) is 5.75 Å². The van der Waals surface area contributed by atoms with Crippen LogP contribution in [-0.2, 0) is 6.42 Å². The average molecular weight is 258 g/mol. The number of hydrogen-bond acceptors (Lipinski definition) is 1. The molecule has 0 saturated heterocycles. The predicted octanol–water partition coefficient (Wildman–Crippen LogP) is 4.41. The van der Waals surface area contributed by atoms with Gasteiger partial charge in [-0.15, -0.1) is 6.58 Å². The highest BCUT2D eigenvalue weighted by Crippen LogP contribution is 2.33. The zero-order chi connectivity index (χ0) is 12.7. The lowest BCUT2D eigenvalue weighted by Gasteiger charge is -2.01. The molecule has 2 N–H and O–H groups in total. The van der Waals surface area contributed by atoms with Gasteiger partial charge in [0.05, 0.1) is 16.1 Å². The fourth-order valence-electron chi connectivity index (χ4n) is 2.29. The van der Waals surface area contributed by atoms with E-state index in [1.165, 1.54) is 0 Å². The minimum absolute atomic E-state index is 0.282. The molecule has 0 fully saturated rings. The van der Waals surface area contributed by atoms with Crippen molar-refractivity contribution in [3.8, 4) is 5.75 Å². The summed E-state index contributed by atoms with van der Waals surface area (Å²) in [5, 5.41) is 12.8. The Kier molecular flexibility index (Phi) is 2.53. The molecule has 0 saturated carbocycles. The molecule has 18 heavy (non-hydrogen) atoms. The van der Waals surface area contributed by atoms with E-state index in [0.29, 0.717) is 11.4 Å². The van der Waals surface area contributed by atoms with Gasteiger partial charge in [-0.3, -0.25) is 0 Å². The van der Waals surface area contributed by atoms with Gasteiger partial charge in [-0.1, -0.05) is 29.8 Å². The first-order chi connectivity index (χ1) is 8.70. The Labute approximate surface area is 110 Å². The summed E-state index contributed by atoms with van der Waals surface area (Å²) in [5.74, 6) is 0.282. The molecule has 0 atom stereocenters. The van der Waals surface area contributed by atoms with Crippen LogP contribution in [0.3, 0.4) is 0 Å². The number of benzene rings is 2. The van der Waals surface area contributed by atoms with Crippen molar-refractivity contribution in [2.45, 2.75) is 6.42 Å². The maximum atomic E-state index is 9.93. The van der Waals surface area contributed by atoms with Crippen LogP contribution in [-0.4, -0.2) is 10.1 Å². The SMILES string of the molecule is C=CCc1cc2c(cc1O)[nH]c1c(Cl)cccc12. The van der Waals surface area contributed by atoms with Crippen molar-refractivity contribution in [1.82, 2.24) is 4.98 Å². The predicted molar refractivity (Wildman–Crippen MR) is 76.4 cm³/mol. The standard InChI is InChI=1S/C15H12ClNO/c1-2-4-9-7-11-10-5-3-6-12(16)15(10)17-13(11)8-14(9)18/h2-3,5-8,17-18H,1,4H2. The number of fused-ring (bicyclic) bond motifs is 3. The number of nitrogens with one attached hydrogen (secondary N) is 1. The van der Waals surface area contributed by atoms with Crippen LogP contribution in [0.4, 0.5) is 0 Å². The maximum Gasteiger partial charge on any atom is 0.121 e. The van der Waals surface area contributed by atoms with Crippen molar-refractivity contribution in [2.24, 2.45) is 0 Å². The van der Waals surface area contributed by atoms with Gasteiger partial charge in [-0.05, 0) is 24.1 Å². The average Bonchev–Trinajstić information content (AvgIpc) is 2.70. The molecule has 3 aromatic rings. The number of aromatic nitrogens is 1. The summed E-state index contributed by atoms with van der Waals surface area (Å²) >= 11 is 6.16. The lowest BCUT2D eigenvalue weighted by molar-refractivity contribution is 0.470. The fourth-order valence-corrected chi connectivity index (χ4v) is 2.51. The molecular weight excluding hydrogens is 246 g/mol. The number of allylic oxidation sites excluding steroid dienone is 1. The Hall–Kier alpha value is -1.93. The zero-order valence-corrected chi connectivity index (χ0v) is 10.5. The second-order valence-corrected chi connectivity index (χ2v) is 4.71. The van der Waals surface area contributed by atoms with Crippen molar-refractivity contribution in [3.05, 3.63) is 53.6 Å². The highest BCUT2D eigenvalue weighted by molar-refractivity contribution is 6.36. The molecule has 0 aliphatic rings. The molecule has 0 spiro atoms. The third-order valence-electron chi connectivity index (χ3n) is 3.15. The molecule has 0 aliphatic heterocycles. The largest absolute Gasteiger partial charge is 0.508 e. The first kappa shape index (κ1) is 11.2. The monoisotopic (exact) mass is 257 g/mol. The van der Waals surface area contributed by atoms with Crippen LogP contribution in [0.2, 0.25) is 5.02 Å². The summed E-state index contributed by atoms with van der Waals surface area (Å²) in [6.45, 7) is 3.70. The van der Waals surface area contributed by atoms with Crippen molar-refractivity contribution in [1.29, 1.82) is 0 Å². The second kappa shape index (κ2) is 4.07. The topological polar surface area (TPSA) is 36.0 Å². The van der Waals surface area contributed by atoms with E-state index in [1.807, 2.05) is 24.3 Å². The molecule has 0 amide bonds. The Bertz CT molecular complexity index is 758. The quantitative estimate of drug-likeness (QED) is 0.656. The lowest BCUT2D eigenvalue weighted by Crippen LogP contribution is -1.82. The first-order valence-electron chi connectivity index (χ1n) is 5.73. The van der Waals surface area contributed by atoms with Crippen molar-refractivity contribution in [2.75, 3.05) is 0 Å². The molecule has 0 unspecified atom stereocenters. The molecule has 3 heteroatoms. The van der Waals surface area contributed by atoms with Crippen LogP contribution in [0.15, 0.2) is 43.0 Å². The van der Waals surface area contributed by atoms with Gasteiger partial charge in [0.25, 0.3) is 0 Å². The summed E-state index contributed by atoms with van der Waals surface area (Å²) in [6, 6.07) is 9.53. The summed E-state index contributed by atoms with van der Waals surface area (Å²) in [6.07, 6.45) is 2.43. The fraction of sp³-hybridized carbons (Fsp3) is 0.0667. The number of aromatic amines is 1. The Morgan fingerprint density at radius 2 is 2.11 bits per heavy atom. The second-order valence-electron chi connectivity index (χ2n) is 4.31. The lowest BCUT2D eigenvalue weighted by atomic mass is 10.1. The van der Waals surface area contributed by atoms with Crippen LogP contribution in [0, 0.1) is 0 Å². The summed E-state index contributed by atoms with van der Waals surface area (Å²) in [7, 11) is 0. The number of phenols is 1. The molecule has 2 nitrogen and oxygen atoms in total. The molecule has 0 radical (unpaired) electrons. The van der Waals surface area contributed by atoms with Crippen LogP contribution in [0.1, 0.15) is 5.56 Å². The van der Waals surface area contributed by atoms with Crippen LogP contribution >= 0.6 is 11.6 Å². The number of hydrogen-bond donors (Lipinski definition) is 2. The van der Waals surface area contributed by atoms with E-state index in [9.17, 15) is 5.11 Å². The third-order valence-corrected chi connectivity index (χ3v) is 3.46. The van der Waals surface area contributed by atoms with Gasteiger partial charge in [-0.25, -0.2) is 0 Å². The molecule has 2 aromatic carbocycles. The van der Waals surface area contributed by atoms with Gasteiger partial charge >= 0.3 is 0 Å². The Morgan fingerprint density at radius 3 is 2.89 bits per heavy atom. The number of halogens is 1. The zero-order valence-electron chi connectivity index (χ0n) is 9.70. The molecule has 0 bridgehead atoms. The summed E-state index contributed by atoms with van der Waals surface area (Å²) in [5.41, 5.74) is 2.67. The molecule has 0 aliphatic carbocycles. The van der Waals surface area contributed by atoms with E-state index in [4.69, 9.17) is 11.6 Å².